The van der Waals surface area contributed by atoms with Gasteiger partial charge >= 0.3 is 0 Å². The van der Waals surface area contributed by atoms with E-state index in [0.717, 1.165) is 18.4 Å². The zero-order valence-electron chi connectivity index (χ0n) is 8.54. The Morgan fingerprint density at radius 2 is 1.93 bits per heavy atom. The van der Waals surface area contributed by atoms with Crippen molar-refractivity contribution in [1.29, 1.82) is 0 Å². The molecule has 0 aliphatic carbocycles. The molecule has 0 aliphatic rings. The van der Waals surface area contributed by atoms with Gasteiger partial charge in [-0.25, -0.2) is 4.39 Å². The molecule has 81 valence electrons. The van der Waals surface area contributed by atoms with E-state index in [-0.39, 0.29) is 59.6 Å². The first kappa shape index (κ1) is 18.1. The van der Waals surface area contributed by atoms with Crippen molar-refractivity contribution in [1.82, 2.24) is 0 Å². The van der Waals surface area contributed by atoms with Crippen molar-refractivity contribution in [3.63, 3.8) is 0 Å². The van der Waals surface area contributed by atoms with Crippen LogP contribution in [0.3, 0.4) is 0 Å². The number of hydrogen-bond donors (Lipinski definition) is 0. The summed E-state index contributed by atoms with van der Waals surface area (Å²) >= 11 is 0. The average Bonchev–Trinajstić information content (AvgIpc) is 2.10. The van der Waals surface area contributed by atoms with Crippen LogP contribution in [0.25, 0.3) is 0 Å². The van der Waals surface area contributed by atoms with Gasteiger partial charge in [-0.1, -0.05) is 6.42 Å². The van der Waals surface area contributed by atoms with Gasteiger partial charge in [0.2, 0.25) is 0 Å². The van der Waals surface area contributed by atoms with Crippen LogP contribution in [0.5, 0.6) is 5.75 Å². The number of halogens is 1. The molecule has 1 aromatic carbocycles. The predicted octanol–water partition coefficient (Wildman–Crippen LogP) is 2.80. The van der Waals surface area contributed by atoms with Gasteiger partial charge in [-0.2, -0.15) is 6.42 Å². The van der Waals surface area contributed by atoms with Crippen LogP contribution in [-0.2, 0) is 60.2 Å². The molecule has 0 aliphatic heterocycles. The average molecular weight is 453 g/mol. The first-order chi connectivity index (χ1) is 6.27. The minimum absolute atomic E-state index is 0. The number of ether oxygens (including phenoxy) is 1. The van der Waals surface area contributed by atoms with E-state index in [9.17, 15) is 4.39 Å². The molecule has 1 rings (SSSR count). The summed E-state index contributed by atoms with van der Waals surface area (Å²) in [7, 11) is 0. The Balaban J connectivity index is 0. The molecule has 0 spiro atoms. The monoisotopic (exact) mass is 453 g/mol. The third kappa shape index (κ3) is 6.14. The van der Waals surface area contributed by atoms with Crippen LogP contribution in [0.15, 0.2) is 18.2 Å². The van der Waals surface area contributed by atoms with Crippen LogP contribution in [0.4, 0.5) is 4.39 Å². The molecule has 4 heteroatoms. The molecule has 0 amide bonds. The van der Waals surface area contributed by atoms with E-state index in [1.165, 1.54) is 12.1 Å². The normalized spacial score (nSPS) is 8.73. The molecule has 0 aromatic heterocycles. The van der Waals surface area contributed by atoms with E-state index in [4.69, 9.17) is 4.74 Å². The van der Waals surface area contributed by atoms with E-state index in [1.54, 1.807) is 6.07 Å². The molecule has 0 saturated carbocycles. The van der Waals surface area contributed by atoms with Gasteiger partial charge in [0.05, 0.1) is 0 Å². The summed E-state index contributed by atoms with van der Waals surface area (Å²) in [6.45, 7) is 7.65. The Bertz CT molecular complexity index is 281. The largest absolute Gasteiger partial charge is 0.525 e. The molecule has 0 bridgehead atoms. The third-order valence-electron chi connectivity index (χ3n) is 1.73. The van der Waals surface area contributed by atoms with Crippen molar-refractivity contribution in [3.05, 3.63) is 43.4 Å². The van der Waals surface area contributed by atoms with Crippen LogP contribution in [-0.4, -0.2) is 6.61 Å². The van der Waals surface area contributed by atoms with Crippen molar-refractivity contribution in [2.24, 2.45) is 0 Å². The fourth-order valence-corrected chi connectivity index (χ4v) is 1.18. The van der Waals surface area contributed by atoms with E-state index in [2.05, 4.69) is 13.8 Å². The van der Waals surface area contributed by atoms with Gasteiger partial charge < -0.3 is 18.6 Å². The van der Waals surface area contributed by atoms with Crippen LogP contribution < -0.4 is 4.74 Å². The van der Waals surface area contributed by atoms with E-state index < -0.39 is 0 Å². The van der Waals surface area contributed by atoms with Crippen LogP contribution in [0.2, 0.25) is 0 Å². The van der Waals surface area contributed by atoms with Crippen LogP contribution in [0, 0.1) is 19.7 Å². The second kappa shape index (κ2) is 9.93. The van der Waals surface area contributed by atoms with Crippen molar-refractivity contribution in [3.8, 4) is 5.75 Å². The Morgan fingerprint density at radius 1 is 1.27 bits per heavy atom. The minimum atomic E-state index is -0.236. The molecule has 0 saturated heterocycles. The molecular weight excluding hydrogens is 440 g/mol. The quantitative estimate of drug-likeness (QED) is 0.638. The zero-order valence-corrected chi connectivity index (χ0v) is 14.3. The second-order valence-corrected chi connectivity index (χ2v) is 2.70. The molecule has 1 nitrogen and oxygen atoms in total. The van der Waals surface area contributed by atoms with Crippen molar-refractivity contribution >= 4 is 0 Å². The van der Waals surface area contributed by atoms with Crippen molar-refractivity contribution in [2.45, 2.75) is 12.8 Å². The first-order valence-electron chi connectivity index (χ1n) is 4.27. The third-order valence-corrected chi connectivity index (χ3v) is 1.73. The Kier molecular flexibility index (Phi) is 12.0. The Labute approximate surface area is 130 Å². The fraction of sp³-hybridized carbons (Fsp3) is 0.273. The van der Waals surface area contributed by atoms with Gasteiger partial charge in [0.25, 0.3) is 0 Å². The van der Waals surface area contributed by atoms with E-state index >= 15 is 0 Å². The van der Waals surface area contributed by atoms with Crippen LogP contribution in [0.1, 0.15) is 12.0 Å². The minimum Gasteiger partial charge on any atom is -0.525 e. The standard InChI is InChI=1S/C11H13FO.W.Y/c1-3-5-9-8-10(12)6-7-11(9)13-4-2;;/h6-8H,1-5H2;;/q-2;;. The van der Waals surface area contributed by atoms with Gasteiger partial charge in [0.1, 0.15) is 11.6 Å². The topological polar surface area (TPSA) is 9.23 Å². The molecule has 0 atom stereocenters. The van der Waals surface area contributed by atoms with E-state index in [0.29, 0.717) is 12.4 Å². The summed E-state index contributed by atoms with van der Waals surface area (Å²) in [5.74, 6) is 0.472. The first-order valence-corrected chi connectivity index (χ1v) is 4.27. The molecule has 15 heavy (non-hydrogen) atoms. The van der Waals surface area contributed by atoms with E-state index in [1.807, 2.05) is 0 Å². The summed E-state index contributed by atoms with van der Waals surface area (Å²) in [6.07, 6.45) is 1.46. The second-order valence-electron chi connectivity index (χ2n) is 2.70. The smallest absolute Gasteiger partial charge is 0.123 e. The summed E-state index contributed by atoms with van der Waals surface area (Å²) in [5, 5.41) is 0. The van der Waals surface area contributed by atoms with Crippen LogP contribution >= 0.6 is 0 Å². The van der Waals surface area contributed by atoms with Gasteiger partial charge in [-0.05, 0) is 30.4 Å². The number of benzene rings is 1. The summed E-state index contributed by atoms with van der Waals surface area (Å²) in [6, 6.07) is 4.50. The Morgan fingerprint density at radius 3 is 2.47 bits per heavy atom. The van der Waals surface area contributed by atoms with Gasteiger partial charge in [-0.15, -0.1) is 0 Å². The van der Waals surface area contributed by atoms with Gasteiger partial charge in [0, 0.05) is 53.8 Å². The SMILES string of the molecule is [CH2-]CCc1cc(F)ccc1OC[CH2-].[W].[Y]. The number of hydrogen-bond acceptors (Lipinski definition) is 1. The predicted molar refractivity (Wildman–Crippen MR) is 50.9 cm³/mol. The molecule has 0 heterocycles. The maximum Gasteiger partial charge on any atom is 0.123 e. The number of aryl methyl sites for hydroxylation is 1. The van der Waals surface area contributed by atoms with Crippen molar-refractivity contribution < 1.29 is 62.9 Å². The van der Waals surface area contributed by atoms with Gasteiger partial charge in [-0.3, -0.25) is 0 Å². The molecule has 0 fully saturated rings. The van der Waals surface area contributed by atoms with Gasteiger partial charge in [0.15, 0.2) is 0 Å². The summed E-state index contributed by atoms with van der Waals surface area (Å²) in [4.78, 5) is 0. The van der Waals surface area contributed by atoms with Crippen molar-refractivity contribution in [2.75, 3.05) is 6.61 Å². The summed E-state index contributed by atoms with van der Waals surface area (Å²) < 4.78 is 18.1. The molecule has 0 N–H and O–H groups in total. The number of rotatable bonds is 4. The zero-order chi connectivity index (χ0) is 9.68. The molecular formula is C11H13FOWY-2. The fourth-order valence-electron chi connectivity index (χ4n) is 1.18. The summed E-state index contributed by atoms with van der Waals surface area (Å²) in [5.41, 5.74) is 0.860. The Hall–Kier alpha value is 0.742. The maximum absolute atomic E-state index is 12.8. The molecule has 1 radical (unpaired) electrons. The molecule has 1 aromatic rings. The molecule has 0 unspecified atom stereocenters. The maximum atomic E-state index is 12.8.